The Balaban J connectivity index is 1.38. The molecule has 1 aliphatic rings. The molecule has 0 unspecified atom stereocenters. The number of nitrogens with two attached hydrogens (primary N) is 1. The van der Waals surface area contributed by atoms with Gasteiger partial charge in [0.1, 0.15) is 5.60 Å². The van der Waals surface area contributed by atoms with E-state index >= 15 is 0 Å². The van der Waals surface area contributed by atoms with Gasteiger partial charge in [-0.3, -0.25) is 9.78 Å². The van der Waals surface area contributed by atoms with E-state index < -0.39 is 5.60 Å². The van der Waals surface area contributed by atoms with Crippen molar-refractivity contribution in [1.29, 1.82) is 0 Å². The summed E-state index contributed by atoms with van der Waals surface area (Å²) in [7, 11) is 0. The second kappa shape index (κ2) is 12.8. The highest BCUT2D eigenvalue weighted by molar-refractivity contribution is 5.96. The number of alkyl carbamates (subject to hydrolysis) is 1. The predicted octanol–water partition coefficient (Wildman–Crippen LogP) is 5.33. The summed E-state index contributed by atoms with van der Waals surface area (Å²) in [5, 5.41) is 6.04. The van der Waals surface area contributed by atoms with Crippen molar-refractivity contribution in [2.45, 2.75) is 58.6 Å². The molecular weight excluding hydrogens is 490 g/mol. The van der Waals surface area contributed by atoms with E-state index in [2.05, 4.69) is 15.6 Å². The van der Waals surface area contributed by atoms with Crippen molar-refractivity contribution in [2.75, 3.05) is 13.1 Å². The van der Waals surface area contributed by atoms with E-state index in [4.69, 9.17) is 15.5 Å². The van der Waals surface area contributed by atoms with E-state index in [0.29, 0.717) is 42.7 Å². The molecule has 206 valence electrons. The molecule has 0 atom stereocenters. The number of nitrogens with one attached hydrogen (secondary N) is 2. The van der Waals surface area contributed by atoms with Gasteiger partial charge < -0.3 is 21.1 Å². The lowest BCUT2D eigenvalue weighted by Crippen LogP contribution is -2.37. The van der Waals surface area contributed by atoms with Gasteiger partial charge in [-0.25, -0.2) is 9.78 Å². The summed E-state index contributed by atoms with van der Waals surface area (Å²) in [6, 6.07) is 15.4. The first-order chi connectivity index (χ1) is 18.7. The zero-order chi connectivity index (χ0) is 27.8. The predicted molar refractivity (Wildman–Crippen MR) is 153 cm³/mol. The van der Waals surface area contributed by atoms with Gasteiger partial charge >= 0.3 is 6.09 Å². The molecule has 0 aliphatic heterocycles. The van der Waals surface area contributed by atoms with Gasteiger partial charge in [0.2, 0.25) is 0 Å². The minimum Gasteiger partial charge on any atom is -0.444 e. The first-order valence-electron chi connectivity index (χ1n) is 13.7. The van der Waals surface area contributed by atoms with E-state index in [1.165, 1.54) is 0 Å². The van der Waals surface area contributed by atoms with Crippen LogP contribution in [0.4, 0.5) is 4.79 Å². The quantitative estimate of drug-likeness (QED) is 0.363. The van der Waals surface area contributed by atoms with Gasteiger partial charge in [-0.05, 0) is 94.2 Å². The fraction of sp³-hybridized carbons (Fsp3) is 0.419. The number of carbonyl (C=O) groups is 2. The number of hydrogen-bond donors (Lipinski definition) is 3. The van der Waals surface area contributed by atoms with E-state index in [0.717, 1.165) is 48.1 Å². The number of hydrogen-bond acceptors (Lipinski definition) is 6. The van der Waals surface area contributed by atoms with Gasteiger partial charge in [0, 0.05) is 48.7 Å². The fourth-order valence-electron chi connectivity index (χ4n) is 4.85. The van der Waals surface area contributed by atoms with Crippen LogP contribution < -0.4 is 16.4 Å². The van der Waals surface area contributed by atoms with Crippen LogP contribution in [-0.2, 0) is 11.3 Å². The fourth-order valence-corrected chi connectivity index (χ4v) is 4.85. The molecule has 0 bridgehead atoms. The Bertz CT molecular complexity index is 1260. The summed E-state index contributed by atoms with van der Waals surface area (Å²) >= 11 is 0. The first kappa shape index (κ1) is 28.2. The summed E-state index contributed by atoms with van der Waals surface area (Å²) in [6.45, 7) is 7.25. The van der Waals surface area contributed by atoms with Crippen LogP contribution in [0.3, 0.4) is 0 Å². The Morgan fingerprint density at radius 3 is 2.18 bits per heavy atom. The van der Waals surface area contributed by atoms with Crippen LogP contribution in [0.25, 0.3) is 22.5 Å². The number of nitrogens with zero attached hydrogens (tertiary/aromatic N) is 2. The van der Waals surface area contributed by atoms with Crippen LogP contribution in [0.1, 0.15) is 62.4 Å². The SMILES string of the molecule is CC(C)(C)OC(=O)NCC1CCC(CNC(=O)c2cc(-c3cccnc3)nc(-c3cccc(CN)c3)c2)CC1. The second-order valence-corrected chi connectivity index (χ2v) is 11.3. The Hall–Kier alpha value is -3.78. The maximum atomic E-state index is 13.3. The van der Waals surface area contributed by atoms with Crippen molar-refractivity contribution in [1.82, 2.24) is 20.6 Å². The molecule has 2 amide bonds. The largest absolute Gasteiger partial charge is 0.444 e. The van der Waals surface area contributed by atoms with Gasteiger partial charge in [0.05, 0.1) is 11.4 Å². The number of aromatic nitrogens is 2. The van der Waals surface area contributed by atoms with Crippen molar-refractivity contribution in [3.05, 3.63) is 72.1 Å². The number of carbonyl (C=O) groups excluding carboxylic acids is 2. The van der Waals surface area contributed by atoms with E-state index in [-0.39, 0.29) is 12.0 Å². The minimum absolute atomic E-state index is 0.118. The molecule has 0 radical (unpaired) electrons. The van der Waals surface area contributed by atoms with Gasteiger partial charge in [0.25, 0.3) is 5.91 Å². The third-order valence-corrected chi connectivity index (χ3v) is 6.95. The van der Waals surface area contributed by atoms with Crippen LogP contribution in [0.15, 0.2) is 60.9 Å². The van der Waals surface area contributed by atoms with Crippen LogP contribution in [0.5, 0.6) is 0 Å². The van der Waals surface area contributed by atoms with E-state index in [1.807, 2.05) is 69.3 Å². The monoisotopic (exact) mass is 529 g/mol. The van der Waals surface area contributed by atoms with Crippen LogP contribution >= 0.6 is 0 Å². The maximum Gasteiger partial charge on any atom is 0.407 e. The third kappa shape index (κ3) is 8.35. The number of pyridine rings is 2. The van der Waals surface area contributed by atoms with Gasteiger partial charge in [0.15, 0.2) is 0 Å². The summed E-state index contributed by atoms with van der Waals surface area (Å²) in [5.74, 6) is 0.720. The lowest BCUT2D eigenvalue weighted by molar-refractivity contribution is 0.0512. The molecule has 8 nitrogen and oxygen atoms in total. The zero-order valence-corrected chi connectivity index (χ0v) is 23.1. The molecular formula is C31H39N5O3. The minimum atomic E-state index is -0.497. The van der Waals surface area contributed by atoms with Gasteiger partial charge in [-0.15, -0.1) is 0 Å². The number of benzene rings is 1. The topological polar surface area (TPSA) is 119 Å². The molecule has 8 heteroatoms. The van der Waals surface area contributed by atoms with E-state index in [1.54, 1.807) is 12.4 Å². The number of amides is 2. The highest BCUT2D eigenvalue weighted by Crippen LogP contribution is 2.29. The molecule has 2 aromatic heterocycles. The smallest absolute Gasteiger partial charge is 0.407 e. The highest BCUT2D eigenvalue weighted by Gasteiger charge is 2.24. The summed E-state index contributed by atoms with van der Waals surface area (Å²) in [5.41, 5.74) is 10.1. The average Bonchev–Trinajstić information content (AvgIpc) is 2.94. The van der Waals surface area contributed by atoms with Crippen molar-refractivity contribution in [3.63, 3.8) is 0 Å². The Labute approximate surface area is 230 Å². The normalized spacial score (nSPS) is 17.3. The van der Waals surface area contributed by atoms with Crippen molar-refractivity contribution in [2.24, 2.45) is 17.6 Å². The van der Waals surface area contributed by atoms with Gasteiger partial charge in [-0.1, -0.05) is 18.2 Å². The Kier molecular flexibility index (Phi) is 9.30. The molecule has 1 saturated carbocycles. The maximum absolute atomic E-state index is 13.3. The molecule has 1 aliphatic carbocycles. The summed E-state index contributed by atoms with van der Waals surface area (Å²) in [6.07, 6.45) is 7.14. The van der Waals surface area contributed by atoms with E-state index in [9.17, 15) is 9.59 Å². The molecule has 4 rings (SSSR count). The number of rotatable bonds is 8. The molecule has 1 fully saturated rings. The van der Waals surface area contributed by atoms with Crippen molar-refractivity contribution >= 4 is 12.0 Å². The van der Waals surface area contributed by atoms with Crippen molar-refractivity contribution < 1.29 is 14.3 Å². The molecule has 3 aromatic rings. The molecule has 2 heterocycles. The Morgan fingerprint density at radius 2 is 1.56 bits per heavy atom. The van der Waals surface area contributed by atoms with Crippen molar-refractivity contribution in [3.8, 4) is 22.5 Å². The average molecular weight is 530 g/mol. The summed E-state index contributed by atoms with van der Waals surface area (Å²) in [4.78, 5) is 34.3. The lowest BCUT2D eigenvalue weighted by Gasteiger charge is -2.29. The lowest BCUT2D eigenvalue weighted by atomic mass is 9.82. The standard InChI is InChI=1S/C31H39N5O3/c1-31(2,3)39-30(38)35-19-22-11-9-21(10-12-22)18-34-29(37)26-15-27(24-7-4-6-23(14-24)17-32)36-28(16-26)25-8-5-13-33-20-25/h4-8,13-16,20-22H,9-12,17-19,32H2,1-3H3,(H,34,37)(H,35,38). The zero-order valence-electron chi connectivity index (χ0n) is 23.1. The van der Waals surface area contributed by atoms with Crippen LogP contribution in [0, 0.1) is 11.8 Å². The number of ether oxygens (including phenoxy) is 1. The summed E-state index contributed by atoms with van der Waals surface area (Å²) < 4.78 is 5.33. The third-order valence-electron chi connectivity index (χ3n) is 6.95. The Morgan fingerprint density at radius 1 is 0.923 bits per heavy atom. The first-order valence-corrected chi connectivity index (χ1v) is 13.7. The van der Waals surface area contributed by atoms with Gasteiger partial charge in [-0.2, -0.15) is 0 Å². The van der Waals surface area contributed by atoms with Crippen LogP contribution in [-0.4, -0.2) is 40.7 Å². The highest BCUT2D eigenvalue weighted by atomic mass is 16.6. The molecule has 1 aromatic carbocycles. The molecule has 39 heavy (non-hydrogen) atoms. The van der Waals surface area contributed by atoms with Crippen LogP contribution in [0.2, 0.25) is 0 Å². The molecule has 0 saturated heterocycles. The molecule has 4 N–H and O–H groups in total. The second-order valence-electron chi connectivity index (χ2n) is 11.3. The molecule has 0 spiro atoms.